The third-order valence-electron chi connectivity index (χ3n) is 4.49. The minimum absolute atomic E-state index is 0.188. The molecule has 0 saturated carbocycles. The van der Waals surface area contributed by atoms with Crippen molar-refractivity contribution in [1.82, 2.24) is 15.3 Å². The number of aryl methyl sites for hydroxylation is 1. The van der Waals surface area contributed by atoms with Gasteiger partial charge in [-0.1, -0.05) is 12.2 Å². The van der Waals surface area contributed by atoms with Crippen LogP contribution in [-0.4, -0.2) is 35.1 Å². The number of anilines is 1. The molecular weight excluding hydrogens is 331 g/mol. The minimum atomic E-state index is -1.05. The van der Waals surface area contributed by atoms with Crippen molar-refractivity contribution in [3.63, 3.8) is 0 Å². The molecule has 0 aliphatic heterocycles. The van der Waals surface area contributed by atoms with Crippen LogP contribution < -0.4 is 10.2 Å². The number of carbonyl (C=O) groups is 1. The molecule has 1 aromatic rings. The molecule has 0 spiro atoms. The van der Waals surface area contributed by atoms with E-state index < -0.39 is 12.2 Å². The topological polar surface area (TPSA) is 58.1 Å². The Kier molecular flexibility index (Phi) is 4.85. The number of halogens is 2. The molecule has 7 heteroatoms. The summed E-state index contributed by atoms with van der Waals surface area (Å²) in [4.78, 5) is 22.9. The number of hydrogen-bond acceptors (Lipinski definition) is 4. The molecule has 3 rings (SSSR count). The van der Waals surface area contributed by atoms with Gasteiger partial charge in [-0.05, 0) is 43.9 Å². The van der Waals surface area contributed by atoms with Crippen molar-refractivity contribution >= 4 is 23.3 Å². The van der Waals surface area contributed by atoms with E-state index in [2.05, 4.69) is 15.3 Å². The highest BCUT2D eigenvalue weighted by Gasteiger charge is 2.27. The maximum atomic E-state index is 13.4. The van der Waals surface area contributed by atoms with E-state index in [4.69, 9.17) is 11.6 Å². The largest absolute Gasteiger partial charge is 0.348 e. The summed E-state index contributed by atoms with van der Waals surface area (Å²) in [6.07, 6.45) is 6.74. The average Bonchev–Trinajstić information content (AvgIpc) is 3.00. The summed E-state index contributed by atoms with van der Waals surface area (Å²) in [5, 5.41) is 2.99. The Bertz CT molecular complexity index is 719. The predicted octanol–water partition coefficient (Wildman–Crippen LogP) is 2.74. The molecule has 5 nitrogen and oxygen atoms in total. The standard InChI is InChI=1S/C17H20ClFN4O/c1-10(16(24)20-12-6-3-5-11(19)9-12)23(2)15-13-7-4-8-14(13)21-17(18)22-15/h3,5-6,10-11H,4,7-9H2,1-2H3,(H,20,24)/t10-,11?/m1/s1. The molecule has 2 atom stereocenters. The summed E-state index contributed by atoms with van der Waals surface area (Å²) in [6.45, 7) is 1.79. The molecule has 2 aliphatic rings. The van der Waals surface area contributed by atoms with Gasteiger partial charge in [-0.25, -0.2) is 14.4 Å². The van der Waals surface area contributed by atoms with Crippen LogP contribution in [0.1, 0.15) is 31.0 Å². The fraction of sp³-hybridized carbons (Fsp3) is 0.471. The maximum absolute atomic E-state index is 13.4. The van der Waals surface area contributed by atoms with Gasteiger partial charge >= 0.3 is 0 Å². The Morgan fingerprint density at radius 1 is 1.46 bits per heavy atom. The Balaban J connectivity index is 1.75. The van der Waals surface area contributed by atoms with Crippen LogP contribution in [0.3, 0.4) is 0 Å². The third kappa shape index (κ3) is 3.43. The van der Waals surface area contributed by atoms with Gasteiger partial charge in [0, 0.05) is 24.7 Å². The average molecular weight is 351 g/mol. The van der Waals surface area contributed by atoms with Gasteiger partial charge < -0.3 is 10.2 Å². The first-order valence-electron chi connectivity index (χ1n) is 8.06. The zero-order valence-electron chi connectivity index (χ0n) is 13.7. The summed E-state index contributed by atoms with van der Waals surface area (Å²) >= 11 is 6.02. The lowest BCUT2D eigenvalue weighted by Crippen LogP contribution is -2.44. The molecule has 0 aromatic carbocycles. The number of fused-ring (bicyclic) bond motifs is 1. The van der Waals surface area contributed by atoms with Crippen LogP contribution in [0.15, 0.2) is 23.9 Å². The lowest BCUT2D eigenvalue weighted by atomic mass is 10.1. The first-order chi connectivity index (χ1) is 11.5. The Hall–Kier alpha value is -1.95. The summed E-state index contributed by atoms with van der Waals surface area (Å²) in [5.41, 5.74) is 2.61. The molecule has 0 fully saturated rings. The Morgan fingerprint density at radius 3 is 3.00 bits per heavy atom. The van der Waals surface area contributed by atoms with Crippen molar-refractivity contribution in [1.29, 1.82) is 0 Å². The van der Waals surface area contributed by atoms with Crippen LogP contribution in [0.5, 0.6) is 0 Å². The first kappa shape index (κ1) is 16.9. The number of alkyl halides is 1. The van der Waals surface area contributed by atoms with Crippen LogP contribution in [0.2, 0.25) is 5.28 Å². The molecular formula is C17H20ClFN4O. The van der Waals surface area contributed by atoms with E-state index in [9.17, 15) is 9.18 Å². The van der Waals surface area contributed by atoms with Gasteiger partial charge in [0.25, 0.3) is 0 Å². The van der Waals surface area contributed by atoms with Crippen molar-refractivity contribution in [3.8, 4) is 0 Å². The first-order valence-corrected chi connectivity index (χ1v) is 8.44. The second-order valence-electron chi connectivity index (χ2n) is 6.17. The van der Waals surface area contributed by atoms with Crippen molar-refractivity contribution in [2.24, 2.45) is 0 Å². The molecule has 1 heterocycles. The number of hydrogen-bond donors (Lipinski definition) is 1. The SMILES string of the molecule is C[C@H](C(=O)NC1=CC=CC(F)C1)N(C)c1nc(Cl)nc2c1CCC2. The molecule has 24 heavy (non-hydrogen) atoms. The maximum Gasteiger partial charge on any atom is 0.246 e. The van der Waals surface area contributed by atoms with Crippen LogP contribution in [0.25, 0.3) is 0 Å². The van der Waals surface area contributed by atoms with Gasteiger partial charge in [-0.15, -0.1) is 0 Å². The van der Waals surface area contributed by atoms with Gasteiger partial charge in [-0.2, -0.15) is 0 Å². The molecule has 0 radical (unpaired) electrons. The summed E-state index contributed by atoms with van der Waals surface area (Å²) < 4.78 is 13.4. The van der Waals surface area contributed by atoms with Crippen molar-refractivity contribution in [2.45, 2.75) is 44.8 Å². The lowest BCUT2D eigenvalue weighted by Gasteiger charge is -2.27. The van der Waals surface area contributed by atoms with E-state index >= 15 is 0 Å². The van der Waals surface area contributed by atoms with Crippen LogP contribution >= 0.6 is 11.6 Å². The summed E-state index contributed by atoms with van der Waals surface area (Å²) in [7, 11) is 1.81. The highest BCUT2D eigenvalue weighted by Crippen LogP contribution is 2.30. The van der Waals surface area contributed by atoms with Crippen LogP contribution in [-0.2, 0) is 17.6 Å². The van der Waals surface area contributed by atoms with Crippen molar-refractivity contribution in [2.75, 3.05) is 11.9 Å². The van der Waals surface area contributed by atoms with Gasteiger partial charge in [0.15, 0.2) is 0 Å². The van der Waals surface area contributed by atoms with Gasteiger partial charge in [0.05, 0.1) is 5.69 Å². The number of rotatable bonds is 4. The van der Waals surface area contributed by atoms with Gasteiger partial charge in [-0.3, -0.25) is 4.79 Å². The van der Waals surface area contributed by atoms with Gasteiger partial charge in [0.2, 0.25) is 11.2 Å². The van der Waals surface area contributed by atoms with E-state index in [-0.39, 0.29) is 17.6 Å². The van der Waals surface area contributed by atoms with Crippen LogP contribution in [0, 0.1) is 0 Å². The number of likely N-dealkylation sites (N-methyl/N-ethyl adjacent to an activating group) is 1. The van der Waals surface area contributed by atoms with E-state index in [1.807, 2.05) is 7.05 Å². The number of nitrogens with one attached hydrogen (secondary N) is 1. The third-order valence-corrected chi connectivity index (χ3v) is 4.66. The van der Waals surface area contributed by atoms with E-state index in [0.29, 0.717) is 11.5 Å². The Labute approximate surface area is 145 Å². The Morgan fingerprint density at radius 2 is 2.25 bits per heavy atom. The minimum Gasteiger partial charge on any atom is -0.348 e. The fourth-order valence-corrected chi connectivity index (χ4v) is 3.21. The second-order valence-corrected chi connectivity index (χ2v) is 6.51. The van der Waals surface area contributed by atoms with Crippen molar-refractivity contribution < 1.29 is 9.18 Å². The number of carbonyl (C=O) groups excluding carboxylic acids is 1. The summed E-state index contributed by atoms with van der Waals surface area (Å²) in [6, 6.07) is -0.467. The van der Waals surface area contributed by atoms with E-state index in [1.54, 1.807) is 24.0 Å². The molecule has 1 N–H and O–H groups in total. The predicted molar refractivity (Wildman–Crippen MR) is 91.8 cm³/mol. The molecule has 0 bridgehead atoms. The quantitative estimate of drug-likeness (QED) is 0.848. The number of amides is 1. The normalized spacial score (nSPS) is 20.3. The molecule has 2 aliphatic carbocycles. The van der Waals surface area contributed by atoms with E-state index in [1.165, 1.54) is 6.08 Å². The monoisotopic (exact) mass is 350 g/mol. The lowest BCUT2D eigenvalue weighted by molar-refractivity contribution is -0.121. The molecule has 1 aromatic heterocycles. The highest BCUT2D eigenvalue weighted by molar-refractivity contribution is 6.28. The zero-order chi connectivity index (χ0) is 17.3. The van der Waals surface area contributed by atoms with Crippen LogP contribution in [0.4, 0.5) is 10.2 Å². The molecule has 1 unspecified atom stereocenters. The molecule has 128 valence electrons. The highest BCUT2D eigenvalue weighted by atomic mass is 35.5. The molecule has 1 amide bonds. The number of allylic oxidation sites excluding steroid dienone is 4. The van der Waals surface area contributed by atoms with Gasteiger partial charge in [0.1, 0.15) is 18.0 Å². The smallest absolute Gasteiger partial charge is 0.246 e. The van der Waals surface area contributed by atoms with E-state index in [0.717, 1.165) is 30.5 Å². The summed E-state index contributed by atoms with van der Waals surface area (Å²) in [5.74, 6) is 0.499. The number of nitrogens with zero attached hydrogens (tertiary/aromatic N) is 3. The molecule has 0 saturated heterocycles. The van der Waals surface area contributed by atoms with Crippen molar-refractivity contribution in [3.05, 3.63) is 40.5 Å². The zero-order valence-corrected chi connectivity index (χ0v) is 14.5. The number of aromatic nitrogens is 2. The second kappa shape index (κ2) is 6.89. The fourth-order valence-electron chi connectivity index (χ4n) is 3.03.